The molecule has 1 heterocycles. The van der Waals surface area contributed by atoms with E-state index in [1.807, 2.05) is 34.6 Å². The largest absolute Gasteiger partial charge is 0.455 e. The minimum atomic E-state index is -0.450. The highest BCUT2D eigenvalue weighted by molar-refractivity contribution is 14.1. The van der Waals surface area contributed by atoms with Crippen LogP contribution in [-0.2, 0) is 4.74 Å². The Labute approximate surface area is 104 Å². The minimum Gasteiger partial charge on any atom is -0.455 e. The molecular formula is C11H16INO2. The first-order chi connectivity index (χ1) is 6.72. The minimum absolute atomic E-state index is 0.286. The second kappa shape index (κ2) is 4.15. The monoisotopic (exact) mass is 321 g/mol. The Morgan fingerprint density at radius 3 is 2.13 bits per heavy atom. The molecule has 84 valence electrons. The quantitative estimate of drug-likeness (QED) is 0.638. The molecular weight excluding hydrogens is 305 g/mol. The fraction of sp³-hybridized carbons (Fsp3) is 0.545. The van der Waals surface area contributed by atoms with Crippen molar-refractivity contribution in [2.45, 2.75) is 40.2 Å². The van der Waals surface area contributed by atoms with E-state index in [2.05, 4.69) is 27.6 Å². The molecule has 0 saturated carbocycles. The molecule has 1 rings (SSSR count). The topological polar surface area (TPSA) is 42.1 Å². The van der Waals surface area contributed by atoms with Gasteiger partial charge in [0.05, 0.1) is 3.70 Å². The lowest BCUT2D eigenvalue weighted by molar-refractivity contribution is 0.00626. The SMILES string of the molecule is Cc1c(I)[nH]c(C(=O)OC(C)(C)C)c1C. The molecule has 15 heavy (non-hydrogen) atoms. The van der Waals surface area contributed by atoms with Crippen molar-refractivity contribution in [3.63, 3.8) is 0 Å². The van der Waals surface area contributed by atoms with Gasteiger partial charge in [0.15, 0.2) is 0 Å². The lowest BCUT2D eigenvalue weighted by Gasteiger charge is -2.19. The lowest BCUT2D eigenvalue weighted by Crippen LogP contribution is -2.24. The van der Waals surface area contributed by atoms with E-state index in [-0.39, 0.29) is 5.97 Å². The number of rotatable bonds is 1. The van der Waals surface area contributed by atoms with Crippen LogP contribution < -0.4 is 0 Å². The van der Waals surface area contributed by atoms with E-state index in [1.165, 1.54) is 0 Å². The molecule has 4 heteroatoms. The number of H-pyrrole nitrogens is 1. The number of ether oxygens (including phenoxy) is 1. The van der Waals surface area contributed by atoms with E-state index in [0.29, 0.717) is 5.69 Å². The summed E-state index contributed by atoms with van der Waals surface area (Å²) in [6, 6.07) is 0. The first-order valence-corrected chi connectivity index (χ1v) is 5.88. The maximum Gasteiger partial charge on any atom is 0.355 e. The van der Waals surface area contributed by atoms with Gasteiger partial charge in [-0.2, -0.15) is 0 Å². The lowest BCUT2D eigenvalue weighted by atomic mass is 10.1. The van der Waals surface area contributed by atoms with Crippen molar-refractivity contribution in [2.24, 2.45) is 0 Å². The second-order valence-electron chi connectivity index (χ2n) is 4.57. The Kier molecular flexibility index (Phi) is 3.48. The third-order valence-corrected chi connectivity index (χ3v) is 3.18. The average Bonchev–Trinajstić information content (AvgIpc) is 2.30. The fourth-order valence-electron chi connectivity index (χ4n) is 1.18. The molecule has 0 spiro atoms. The molecule has 0 aliphatic rings. The zero-order valence-electron chi connectivity index (χ0n) is 9.69. The summed E-state index contributed by atoms with van der Waals surface area (Å²) in [6.45, 7) is 9.50. The average molecular weight is 321 g/mol. The van der Waals surface area contributed by atoms with Crippen LogP contribution in [0.1, 0.15) is 42.4 Å². The molecule has 0 aliphatic heterocycles. The van der Waals surface area contributed by atoms with Crippen molar-refractivity contribution in [3.8, 4) is 0 Å². The Bertz CT molecular complexity index is 388. The van der Waals surface area contributed by atoms with E-state index in [1.54, 1.807) is 0 Å². The predicted octanol–water partition coefficient (Wildman–Crippen LogP) is 3.19. The number of aromatic nitrogens is 1. The van der Waals surface area contributed by atoms with Crippen molar-refractivity contribution in [1.29, 1.82) is 0 Å². The molecule has 0 aliphatic carbocycles. The van der Waals surface area contributed by atoms with Crippen LogP contribution in [0.2, 0.25) is 0 Å². The summed E-state index contributed by atoms with van der Waals surface area (Å²) in [5, 5.41) is 0. The first kappa shape index (κ1) is 12.5. The van der Waals surface area contributed by atoms with E-state index in [0.717, 1.165) is 14.8 Å². The van der Waals surface area contributed by atoms with Gasteiger partial charge in [-0.15, -0.1) is 0 Å². The molecule has 0 aromatic carbocycles. The van der Waals surface area contributed by atoms with Crippen LogP contribution in [0.25, 0.3) is 0 Å². The Hall–Kier alpha value is -0.520. The molecule has 0 radical (unpaired) electrons. The normalized spacial score (nSPS) is 11.6. The van der Waals surface area contributed by atoms with Crippen LogP contribution in [-0.4, -0.2) is 16.6 Å². The van der Waals surface area contributed by atoms with Gasteiger partial charge in [-0.25, -0.2) is 4.79 Å². The van der Waals surface area contributed by atoms with Crippen molar-refractivity contribution in [1.82, 2.24) is 4.98 Å². The maximum absolute atomic E-state index is 11.8. The highest BCUT2D eigenvalue weighted by Crippen LogP contribution is 2.21. The summed E-state index contributed by atoms with van der Waals surface area (Å²) < 4.78 is 6.29. The van der Waals surface area contributed by atoms with Crippen LogP contribution in [0.5, 0.6) is 0 Å². The van der Waals surface area contributed by atoms with Crippen molar-refractivity contribution in [3.05, 3.63) is 20.5 Å². The van der Waals surface area contributed by atoms with Crippen molar-refractivity contribution >= 4 is 28.6 Å². The number of hydrogen-bond donors (Lipinski definition) is 1. The van der Waals surface area contributed by atoms with E-state index in [9.17, 15) is 4.79 Å². The van der Waals surface area contributed by atoms with Gasteiger partial charge in [-0.1, -0.05) is 0 Å². The molecule has 1 N–H and O–H groups in total. The molecule has 0 unspecified atom stereocenters. The first-order valence-electron chi connectivity index (χ1n) is 4.80. The highest BCUT2D eigenvalue weighted by Gasteiger charge is 2.22. The molecule has 3 nitrogen and oxygen atoms in total. The number of halogens is 1. The number of nitrogens with one attached hydrogen (secondary N) is 1. The van der Waals surface area contributed by atoms with Gasteiger partial charge < -0.3 is 9.72 Å². The third kappa shape index (κ3) is 2.96. The predicted molar refractivity (Wildman–Crippen MR) is 68.2 cm³/mol. The van der Waals surface area contributed by atoms with Crippen LogP contribution >= 0.6 is 22.6 Å². The summed E-state index contributed by atoms with van der Waals surface area (Å²) in [5.74, 6) is -0.286. The van der Waals surface area contributed by atoms with Gasteiger partial charge in [0.25, 0.3) is 0 Å². The third-order valence-electron chi connectivity index (χ3n) is 2.10. The Balaban J connectivity index is 2.98. The Morgan fingerprint density at radius 2 is 1.80 bits per heavy atom. The summed E-state index contributed by atoms with van der Waals surface area (Å²) in [5.41, 5.74) is 2.19. The summed E-state index contributed by atoms with van der Waals surface area (Å²) in [4.78, 5) is 14.8. The van der Waals surface area contributed by atoms with Gasteiger partial charge in [0.1, 0.15) is 11.3 Å². The smallest absolute Gasteiger partial charge is 0.355 e. The molecule has 0 amide bonds. The van der Waals surface area contributed by atoms with Crippen LogP contribution in [0.3, 0.4) is 0 Å². The number of carbonyl (C=O) groups excluding carboxylic acids is 1. The highest BCUT2D eigenvalue weighted by atomic mass is 127. The second-order valence-corrected chi connectivity index (χ2v) is 5.64. The fourth-order valence-corrected chi connectivity index (χ4v) is 1.86. The van der Waals surface area contributed by atoms with Crippen molar-refractivity contribution in [2.75, 3.05) is 0 Å². The van der Waals surface area contributed by atoms with Crippen LogP contribution in [0, 0.1) is 17.5 Å². The maximum atomic E-state index is 11.8. The summed E-state index contributed by atoms with van der Waals surface area (Å²) in [6.07, 6.45) is 0. The number of esters is 1. The van der Waals surface area contributed by atoms with Gasteiger partial charge in [0, 0.05) is 0 Å². The van der Waals surface area contributed by atoms with Gasteiger partial charge >= 0.3 is 5.97 Å². The standard InChI is InChI=1S/C11H16INO2/c1-6-7(2)9(12)13-8(6)10(14)15-11(3,4)5/h13H,1-5H3. The summed E-state index contributed by atoms with van der Waals surface area (Å²) in [7, 11) is 0. The van der Waals surface area contributed by atoms with Crippen LogP contribution in [0.4, 0.5) is 0 Å². The van der Waals surface area contributed by atoms with E-state index >= 15 is 0 Å². The zero-order valence-corrected chi connectivity index (χ0v) is 11.9. The number of hydrogen-bond acceptors (Lipinski definition) is 2. The number of carbonyl (C=O) groups is 1. The van der Waals surface area contributed by atoms with E-state index < -0.39 is 5.60 Å². The zero-order chi connectivity index (χ0) is 11.8. The number of aromatic amines is 1. The molecule has 1 aromatic heterocycles. The molecule has 1 aromatic rings. The summed E-state index contributed by atoms with van der Waals surface area (Å²) >= 11 is 2.18. The van der Waals surface area contributed by atoms with E-state index in [4.69, 9.17) is 4.74 Å². The Morgan fingerprint density at radius 1 is 1.27 bits per heavy atom. The van der Waals surface area contributed by atoms with Gasteiger partial charge in [-0.05, 0) is 68.3 Å². The van der Waals surface area contributed by atoms with Gasteiger partial charge in [-0.3, -0.25) is 0 Å². The molecule has 0 fully saturated rings. The van der Waals surface area contributed by atoms with Gasteiger partial charge in [0.2, 0.25) is 0 Å². The van der Waals surface area contributed by atoms with Crippen molar-refractivity contribution < 1.29 is 9.53 Å². The molecule has 0 atom stereocenters. The molecule has 0 bridgehead atoms. The molecule has 0 saturated heterocycles. The van der Waals surface area contributed by atoms with Crippen LogP contribution in [0.15, 0.2) is 0 Å².